The number of aromatic hydroxyl groups is 1. The fraction of sp³-hybridized carbons (Fsp3) is 0.0882. The number of aromatic nitrogens is 2. The first-order valence-electron chi connectivity index (χ1n) is 13.6. The molecule has 8 nitrogen and oxygen atoms in total. The number of nitrogens with zero attached hydrogens (tertiary/aromatic N) is 3. The lowest BCUT2D eigenvalue weighted by molar-refractivity contribution is 0.414. The third kappa shape index (κ3) is 5.77. The Balaban J connectivity index is 1.44. The summed E-state index contributed by atoms with van der Waals surface area (Å²) >= 11 is 6.70. The molecule has 0 aliphatic heterocycles. The van der Waals surface area contributed by atoms with E-state index in [1.54, 1.807) is 59.9 Å². The molecule has 0 fully saturated rings. The van der Waals surface area contributed by atoms with Crippen molar-refractivity contribution < 1.29 is 27.7 Å². The van der Waals surface area contributed by atoms with Crippen LogP contribution in [-0.4, -0.2) is 39.5 Å². The van der Waals surface area contributed by atoms with Gasteiger partial charge in [-0.05, 0) is 65.5 Å². The summed E-state index contributed by atoms with van der Waals surface area (Å²) in [7, 11) is -0.110. The Morgan fingerprint density at radius 3 is 2.47 bits per heavy atom. The average molecular weight is 644 g/mol. The molecule has 0 aliphatic carbocycles. The molecule has 4 aromatic carbocycles. The van der Waals surface area contributed by atoms with Crippen LogP contribution in [0.5, 0.6) is 17.2 Å². The second kappa shape index (κ2) is 12.1. The Bertz CT molecular complexity index is 2120. The summed E-state index contributed by atoms with van der Waals surface area (Å²) in [6, 6.07) is 23.5. The molecule has 6 rings (SSSR count). The van der Waals surface area contributed by atoms with E-state index in [2.05, 4.69) is 16.0 Å². The highest BCUT2D eigenvalue weighted by Crippen LogP contribution is 2.42. The van der Waals surface area contributed by atoms with Gasteiger partial charge in [-0.1, -0.05) is 47.1 Å². The standard InChI is InChI=1S/C34H27ClFN3O5S/c1-42-24-9-7-21(8-10-24)20-39(33-13-14-44-38-33)45(3,41)25-11-12-26-28(16-25)31(40)19-37-34(26)29-17-30(35)27(18-32(29)43-2)22-5-4-6-23(36)15-22/h4-19,40H,3,20H2,1-2H3. The van der Waals surface area contributed by atoms with Crippen LogP contribution >= 0.6 is 11.6 Å². The minimum Gasteiger partial charge on any atom is -0.506 e. The molecular weight excluding hydrogens is 617 g/mol. The van der Waals surface area contributed by atoms with E-state index < -0.39 is 9.71 Å². The predicted octanol–water partition coefficient (Wildman–Crippen LogP) is 7.77. The molecule has 1 unspecified atom stereocenters. The zero-order valence-electron chi connectivity index (χ0n) is 24.2. The zero-order valence-corrected chi connectivity index (χ0v) is 25.8. The van der Waals surface area contributed by atoms with E-state index in [0.717, 1.165) is 5.56 Å². The third-order valence-corrected chi connectivity index (χ3v) is 9.74. The van der Waals surface area contributed by atoms with Crippen molar-refractivity contribution in [3.05, 3.63) is 114 Å². The largest absolute Gasteiger partial charge is 0.506 e. The number of anilines is 1. The van der Waals surface area contributed by atoms with Crippen LogP contribution in [0.1, 0.15) is 5.56 Å². The molecule has 0 bridgehead atoms. The highest BCUT2D eigenvalue weighted by Gasteiger charge is 2.24. The topological polar surface area (TPSA) is 97.9 Å². The molecule has 228 valence electrons. The molecule has 1 N–H and O–H groups in total. The van der Waals surface area contributed by atoms with Gasteiger partial charge in [0.25, 0.3) is 0 Å². The number of methoxy groups -OCH3 is 2. The smallest absolute Gasteiger partial charge is 0.183 e. The summed E-state index contributed by atoms with van der Waals surface area (Å²) in [5.74, 6) is 5.08. The van der Waals surface area contributed by atoms with Crippen LogP contribution in [0.15, 0.2) is 107 Å². The molecule has 1 atom stereocenters. The van der Waals surface area contributed by atoms with Gasteiger partial charge in [0.1, 0.15) is 29.3 Å². The van der Waals surface area contributed by atoms with Crippen molar-refractivity contribution in [2.45, 2.75) is 11.4 Å². The van der Waals surface area contributed by atoms with Gasteiger partial charge in [-0.2, -0.15) is 0 Å². The number of benzene rings is 4. The van der Waals surface area contributed by atoms with Gasteiger partial charge >= 0.3 is 0 Å². The van der Waals surface area contributed by atoms with Crippen molar-refractivity contribution in [2.75, 3.05) is 18.5 Å². The van der Waals surface area contributed by atoms with Crippen LogP contribution < -0.4 is 13.8 Å². The first-order chi connectivity index (χ1) is 21.7. The molecule has 0 saturated carbocycles. The van der Waals surface area contributed by atoms with Gasteiger partial charge in [-0.25, -0.2) is 8.60 Å². The summed E-state index contributed by atoms with van der Waals surface area (Å²) in [6.45, 7) is 0.206. The molecule has 0 aliphatic rings. The predicted molar refractivity (Wildman–Crippen MR) is 175 cm³/mol. The molecule has 2 aromatic heterocycles. The molecule has 6 aromatic rings. The monoisotopic (exact) mass is 643 g/mol. The van der Waals surface area contributed by atoms with Crippen LogP contribution in [0.4, 0.5) is 10.2 Å². The lowest BCUT2D eigenvalue weighted by Gasteiger charge is -2.26. The maximum Gasteiger partial charge on any atom is 0.183 e. The van der Waals surface area contributed by atoms with Gasteiger partial charge in [0.15, 0.2) is 5.82 Å². The Morgan fingerprint density at radius 1 is 0.978 bits per heavy atom. The summed E-state index contributed by atoms with van der Waals surface area (Å²) in [4.78, 5) is 4.85. The van der Waals surface area contributed by atoms with E-state index in [1.807, 2.05) is 24.3 Å². The molecule has 0 amide bonds. The fourth-order valence-corrected chi connectivity index (χ4v) is 6.96. The summed E-state index contributed by atoms with van der Waals surface area (Å²) < 4.78 is 46.1. The number of halogens is 2. The quantitative estimate of drug-likeness (QED) is 0.161. The first kappa shape index (κ1) is 30.0. The van der Waals surface area contributed by atoms with E-state index >= 15 is 0 Å². The molecule has 45 heavy (non-hydrogen) atoms. The number of hydrogen-bond acceptors (Lipinski definition) is 7. The number of ether oxygens (including phenoxy) is 2. The van der Waals surface area contributed by atoms with Gasteiger partial charge < -0.3 is 19.1 Å². The van der Waals surface area contributed by atoms with Crippen molar-refractivity contribution in [1.29, 1.82) is 0 Å². The maximum absolute atomic E-state index is 14.5. The lowest BCUT2D eigenvalue weighted by atomic mass is 9.98. The molecule has 2 heterocycles. The van der Waals surface area contributed by atoms with E-state index in [1.165, 1.54) is 31.7 Å². The normalized spacial score (nSPS) is 12.5. The van der Waals surface area contributed by atoms with Crippen LogP contribution in [0.2, 0.25) is 5.02 Å². The zero-order chi connectivity index (χ0) is 31.7. The van der Waals surface area contributed by atoms with Crippen LogP contribution in [0, 0.1) is 5.82 Å². The van der Waals surface area contributed by atoms with Gasteiger partial charge in [0.05, 0.1) is 47.3 Å². The number of pyridine rings is 1. The van der Waals surface area contributed by atoms with Crippen molar-refractivity contribution in [3.63, 3.8) is 0 Å². The highest BCUT2D eigenvalue weighted by atomic mass is 35.5. The van der Waals surface area contributed by atoms with Crippen molar-refractivity contribution >= 4 is 43.8 Å². The maximum atomic E-state index is 14.5. The summed E-state index contributed by atoms with van der Waals surface area (Å²) in [5, 5.41) is 16.3. The van der Waals surface area contributed by atoms with E-state index in [0.29, 0.717) is 60.4 Å². The number of rotatable bonds is 9. The SMILES string of the molecule is C=S(=O)(c1ccc2c(-c3cc(Cl)c(-c4cccc(F)c4)cc3OC)ncc(O)c2c1)N(Cc1ccc(OC)cc1)c1ccon1. The van der Waals surface area contributed by atoms with E-state index in [4.69, 9.17) is 25.6 Å². The van der Waals surface area contributed by atoms with Gasteiger partial charge in [0, 0.05) is 33.0 Å². The van der Waals surface area contributed by atoms with Gasteiger partial charge in [-0.3, -0.25) is 9.29 Å². The Morgan fingerprint density at radius 2 is 1.78 bits per heavy atom. The summed E-state index contributed by atoms with van der Waals surface area (Å²) in [6.07, 6.45) is 2.71. The minimum atomic E-state index is -3.21. The number of fused-ring (bicyclic) bond motifs is 1. The van der Waals surface area contributed by atoms with Crippen LogP contribution in [0.25, 0.3) is 33.2 Å². The van der Waals surface area contributed by atoms with Crippen molar-refractivity contribution in [3.8, 4) is 39.6 Å². The molecule has 0 saturated heterocycles. The first-order valence-corrected chi connectivity index (χ1v) is 15.7. The van der Waals surface area contributed by atoms with Crippen molar-refractivity contribution in [2.24, 2.45) is 0 Å². The summed E-state index contributed by atoms with van der Waals surface area (Å²) in [5.41, 5.74) is 3.05. The molecule has 0 spiro atoms. The van der Waals surface area contributed by atoms with E-state index in [-0.39, 0.29) is 18.1 Å². The third-order valence-electron chi connectivity index (χ3n) is 7.41. The Kier molecular flexibility index (Phi) is 8.09. The van der Waals surface area contributed by atoms with Crippen LogP contribution in [0.3, 0.4) is 0 Å². The number of hydrogen-bond donors (Lipinski definition) is 1. The average Bonchev–Trinajstić information content (AvgIpc) is 3.58. The fourth-order valence-electron chi connectivity index (χ4n) is 5.10. The van der Waals surface area contributed by atoms with E-state index in [9.17, 15) is 13.7 Å². The highest BCUT2D eigenvalue weighted by molar-refractivity contribution is 8.01. The molecule has 11 heteroatoms. The second-order valence-electron chi connectivity index (χ2n) is 10.1. The van der Waals surface area contributed by atoms with Gasteiger partial charge in [-0.15, -0.1) is 0 Å². The second-order valence-corrected chi connectivity index (χ2v) is 12.7. The Hall–Kier alpha value is -5.06. The minimum absolute atomic E-state index is 0.115. The molecule has 0 radical (unpaired) electrons. The lowest BCUT2D eigenvalue weighted by Crippen LogP contribution is -2.30. The van der Waals surface area contributed by atoms with Gasteiger partial charge in [0.2, 0.25) is 0 Å². The van der Waals surface area contributed by atoms with Crippen molar-refractivity contribution in [1.82, 2.24) is 10.1 Å². The van der Waals surface area contributed by atoms with Crippen LogP contribution in [-0.2, 0) is 16.3 Å². The molecular formula is C34H27ClFN3O5S. The Labute approximate surface area is 264 Å².